The number of aromatic carboxylic acids is 1. The number of carbonyl (C=O) groups is 1. The third-order valence-corrected chi connectivity index (χ3v) is 4.03. The predicted molar refractivity (Wildman–Crippen MR) is 66.2 cm³/mol. The lowest BCUT2D eigenvalue weighted by Gasteiger charge is -2.08. The Balaban J connectivity index is 2.67. The Morgan fingerprint density at radius 1 is 1.35 bits per heavy atom. The zero-order valence-electron chi connectivity index (χ0n) is 9.51. The van der Waals surface area contributed by atoms with Crippen molar-refractivity contribution in [2.24, 2.45) is 0 Å². The van der Waals surface area contributed by atoms with E-state index in [1.807, 2.05) is 0 Å². The van der Waals surface area contributed by atoms with E-state index in [4.69, 9.17) is 5.11 Å². The Kier molecular flexibility index (Phi) is 4.51. The molecule has 0 saturated heterocycles. The number of anilines is 1. The number of para-hydroxylation sites is 1. The Bertz CT molecular complexity index is 496. The lowest BCUT2D eigenvalue weighted by molar-refractivity contribution is 0.0698. The molecule has 0 heterocycles. The van der Waals surface area contributed by atoms with E-state index in [0.29, 0.717) is 5.69 Å². The van der Waals surface area contributed by atoms with Crippen LogP contribution in [-0.4, -0.2) is 37.5 Å². The minimum absolute atomic E-state index is 0.00253. The summed E-state index contributed by atoms with van der Waals surface area (Å²) in [7, 11) is -3.03. The maximum absolute atomic E-state index is 11.3. The summed E-state index contributed by atoms with van der Waals surface area (Å²) in [5, 5.41) is 11.7. The number of nitrogens with one attached hydrogen (secondary N) is 1. The summed E-state index contributed by atoms with van der Waals surface area (Å²) in [4.78, 5) is 10.9. The van der Waals surface area contributed by atoms with Crippen molar-refractivity contribution in [1.29, 1.82) is 0 Å². The molecular weight excluding hydrogens is 242 g/mol. The average molecular weight is 257 g/mol. The standard InChI is InChI=1S/C11H15NO4S/c1-2-17(15,16)8-7-12-10-6-4-3-5-9(10)11(13)14/h3-6,12H,2,7-8H2,1H3,(H,13,14). The van der Waals surface area contributed by atoms with Crippen LogP contribution in [0.15, 0.2) is 24.3 Å². The molecule has 2 N–H and O–H groups in total. The molecular formula is C11H15NO4S. The molecule has 0 spiro atoms. The van der Waals surface area contributed by atoms with Crippen molar-refractivity contribution in [3.8, 4) is 0 Å². The summed E-state index contributed by atoms with van der Waals surface area (Å²) in [5.41, 5.74) is 0.577. The number of hydrogen-bond donors (Lipinski definition) is 2. The maximum Gasteiger partial charge on any atom is 0.337 e. The van der Waals surface area contributed by atoms with Crippen molar-refractivity contribution in [2.75, 3.05) is 23.4 Å². The van der Waals surface area contributed by atoms with Crippen molar-refractivity contribution in [3.05, 3.63) is 29.8 Å². The highest BCUT2D eigenvalue weighted by Gasteiger charge is 2.10. The number of hydrogen-bond acceptors (Lipinski definition) is 4. The molecule has 1 aromatic carbocycles. The van der Waals surface area contributed by atoms with Gasteiger partial charge >= 0.3 is 5.97 Å². The number of benzene rings is 1. The van der Waals surface area contributed by atoms with Gasteiger partial charge in [0.05, 0.1) is 11.3 Å². The third-order valence-electron chi connectivity index (χ3n) is 2.33. The molecule has 17 heavy (non-hydrogen) atoms. The van der Waals surface area contributed by atoms with E-state index in [-0.39, 0.29) is 23.6 Å². The van der Waals surface area contributed by atoms with Crippen molar-refractivity contribution in [2.45, 2.75) is 6.92 Å². The van der Waals surface area contributed by atoms with Crippen LogP contribution in [0.25, 0.3) is 0 Å². The fourth-order valence-corrected chi connectivity index (χ4v) is 2.01. The molecule has 94 valence electrons. The SMILES string of the molecule is CCS(=O)(=O)CCNc1ccccc1C(=O)O. The molecule has 5 nitrogen and oxygen atoms in total. The van der Waals surface area contributed by atoms with Gasteiger partial charge in [0.25, 0.3) is 0 Å². The molecule has 0 radical (unpaired) electrons. The molecule has 1 rings (SSSR count). The lowest BCUT2D eigenvalue weighted by Crippen LogP contribution is -2.18. The van der Waals surface area contributed by atoms with E-state index in [0.717, 1.165) is 0 Å². The summed E-state index contributed by atoms with van der Waals surface area (Å²) < 4.78 is 22.5. The highest BCUT2D eigenvalue weighted by Crippen LogP contribution is 2.14. The quantitative estimate of drug-likeness (QED) is 0.801. The molecule has 0 saturated carbocycles. The van der Waals surface area contributed by atoms with E-state index < -0.39 is 15.8 Å². The summed E-state index contributed by atoms with van der Waals surface area (Å²) >= 11 is 0. The first-order chi connectivity index (χ1) is 7.96. The first-order valence-electron chi connectivity index (χ1n) is 5.23. The minimum Gasteiger partial charge on any atom is -0.478 e. The van der Waals surface area contributed by atoms with Gasteiger partial charge in [0, 0.05) is 18.0 Å². The fourth-order valence-electron chi connectivity index (χ4n) is 1.31. The van der Waals surface area contributed by atoms with Gasteiger partial charge in [0.15, 0.2) is 9.84 Å². The van der Waals surface area contributed by atoms with Gasteiger partial charge < -0.3 is 10.4 Å². The monoisotopic (exact) mass is 257 g/mol. The molecule has 0 bridgehead atoms. The largest absolute Gasteiger partial charge is 0.478 e. The van der Waals surface area contributed by atoms with Gasteiger partial charge in [-0.25, -0.2) is 13.2 Å². The normalized spacial score (nSPS) is 11.1. The maximum atomic E-state index is 11.3. The van der Waals surface area contributed by atoms with Crippen LogP contribution in [0, 0.1) is 0 Å². The summed E-state index contributed by atoms with van der Waals surface area (Å²) in [5.74, 6) is -0.946. The Labute approximate surface area is 100 Å². The third kappa shape index (κ3) is 4.07. The van der Waals surface area contributed by atoms with Gasteiger partial charge in [-0.2, -0.15) is 0 Å². The van der Waals surface area contributed by atoms with Gasteiger partial charge in [0.1, 0.15) is 0 Å². The van der Waals surface area contributed by atoms with Crippen molar-refractivity contribution in [1.82, 2.24) is 0 Å². The van der Waals surface area contributed by atoms with E-state index in [9.17, 15) is 13.2 Å². The second-order valence-corrected chi connectivity index (χ2v) is 5.99. The van der Waals surface area contributed by atoms with E-state index in [1.54, 1.807) is 25.1 Å². The number of carboxylic acids is 1. The van der Waals surface area contributed by atoms with Gasteiger partial charge in [-0.1, -0.05) is 19.1 Å². The van der Waals surface area contributed by atoms with Crippen LogP contribution in [0.4, 0.5) is 5.69 Å². The summed E-state index contributed by atoms with van der Waals surface area (Å²) in [6, 6.07) is 6.40. The van der Waals surface area contributed by atoms with Crippen LogP contribution < -0.4 is 5.32 Å². The Hall–Kier alpha value is -1.56. The van der Waals surface area contributed by atoms with E-state index >= 15 is 0 Å². The van der Waals surface area contributed by atoms with Crippen LogP contribution in [-0.2, 0) is 9.84 Å². The predicted octanol–water partition coefficient (Wildman–Crippen LogP) is 1.23. The molecule has 0 aromatic heterocycles. The van der Waals surface area contributed by atoms with Gasteiger partial charge in [-0.15, -0.1) is 0 Å². The molecule has 0 aliphatic carbocycles. The second kappa shape index (κ2) is 5.67. The van der Waals surface area contributed by atoms with Crippen molar-refractivity contribution in [3.63, 3.8) is 0 Å². The molecule has 6 heteroatoms. The molecule has 0 atom stereocenters. The van der Waals surface area contributed by atoms with E-state index in [1.165, 1.54) is 6.07 Å². The highest BCUT2D eigenvalue weighted by atomic mass is 32.2. The van der Waals surface area contributed by atoms with Crippen molar-refractivity contribution < 1.29 is 18.3 Å². The first-order valence-corrected chi connectivity index (χ1v) is 7.05. The lowest BCUT2D eigenvalue weighted by atomic mass is 10.2. The van der Waals surface area contributed by atoms with Crippen LogP contribution >= 0.6 is 0 Å². The minimum atomic E-state index is -3.03. The van der Waals surface area contributed by atoms with Crippen LogP contribution in [0.2, 0.25) is 0 Å². The number of rotatable bonds is 6. The van der Waals surface area contributed by atoms with Gasteiger partial charge in [0.2, 0.25) is 0 Å². The molecule has 0 aliphatic heterocycles. The first kappa shape index (κ1) is 13.5. The van der Waals surface area contributed by atoms with Crippen molar-refractivity contribution >= 4 is 21.5 Å². The zero-order valence-corrected chi connectivity index (χ0v) is 10.3. The molecule has 0 aliphatic rings. The van der Waals surface area contributed by atoms with Gasteiger partial charge in [-0.05, 0) is 12.1 Å². The Morgan fingerprint density at radius 3 is 2.59 bits per heavy atom. The molecule has 0 unspecified atom stereocenters. The molecule has 0 amide bonds. The zero-order chi connectivity index (χ0) is 12.9. The second-order valence-electron chi connectivity index (χ2n) is 3.51. The number of carboxylic acid groups (broad SMARTS) is 1. The van der Waals surface area contributed by atoms with Crippen LogP contribution in [0.1, 0.15) is 17.3 Å². The molecule has 0 fully saturated rings. The number of sulfone groups is 1. The van der Waals surface area contributed by atoms with Crippen LogP contribution in [0.5, 0.6) is 0 Å². The molecule has 1 aromatic rings. The highest BCUT2D eigenvalue weighted by molar-refractivity contribution is 7.91. The average Bonchev–Trinajstić information content (AvgIpc) is 2.29. The fraction of sp³-hybridized carbons (Fsp3) is 0.364. The Morgan fingerprint density at radius 2 is 2.00 bits per heavy atom. The topological polar surface area (TPSA) is 83.5 Å². The summed E-state index contributed by atoms with van der Waals surface area (Å²) in [6.45, 7) is 1.79. The van der Waals surface area contributed by atoms with Crippen LogP contribution in [0.3, 0.4) is 0 Å². The summed E-state index contributed by atoms with van der Waals surface area (Å²) in [6.07, 6.45) is 0. The smallest absolute Gasteiger partial charge is 0.337 e. The van der Waals surface area contributed by atoms with E-state index in [2.05, 4.69) is 5.32 Å². The van der Waals surface area contributed by atoms with Gasteiger partial charge in [-0.3, -0.25) is 0 Å².